The maximum atomic E-state index is 12.4. The number of carbonyl (C=O) groups excluding carboxylic acids is 3. The van der Waals surface area contributed by atoms with Crippen molar-refractivity contribution >= 4 is 17.7 Å². The Hall–Kier alpha value is -2.17. The smallest absolute Gasteiger partial charge is 0.253 e. The number of piperidine rings is 1. The quantitative estimate of drug-likeness (QED) is 0.484. The molecular formula is C16H20N2O3. The molecule has 1 N–H and O–H groups in total. The highest BCUT2D eigenvalue weighted by molar-refractivity contribution is 6.02. The van der Waals surface area contributed by atoms with Crippen LogP contribution >= 0.6 is 0 Å². The number of imide groups is 1. The number of carbonyl (C=O) groups is 3. The second-order valence-corrected chi connectivity index (χ2v) is 5.49. The van der Waals surface area contributed by atoms with E-state index in [0.29, 0.717) is 37.9 Å². The van der Waals surface area contributed by atoms with Gasteiger partial charge in [0.2, 0.25) is 11.8 Å². The molecule has 0 radical (unpaired) electrons. The van der Waals surface area contributed by atoms with Gasteiger partial charge in [-0.3, -0.25) is 19.7 Å². The summed E-state index contributed by atoms with van der Waals surface area (Å²) in [5.41, 5.74) is -0.0892. The van der Waals surface area contributed by atoms with Gasteiger partial charge in [0.25, 0.3) is 5.91 Å². The Morgan fingerprint density at radius 1 is 1.38 bits per heavy atom. The molecule has 1 atom stereocenters. The van der Waals surface area contributed by atoms with Crippen molar-refractivity contribution in [2.45, 2.75) is 26.2 Å². The van der Waals surface area contributed by atoms with E-state index >= 15 is 0 Å². The Morgan fingerprint density at radius 2 is 2.14 bits per heavy atom. The summed E-state index contributed by atoms with van der Waals surface area (Å²) in [7, 11) is 0. The van der Waals surface area contributed by atoms with Gasteiger partial charge >= 0.3 is 0 Å². The number of hydrogen-bond donors (Lipinski definition) is 1. The third-order valence-corrected chi connectivity index (χ3v) is 4.14. The van der Waals surface area contributed by atoms with E-state index in [1.807, 2.05) is 13.0 Å². The van der Waals surface area contributed by atoms with E-state index < -0.39 is 5.41 Å². The maximum absolute atomic E-state index is 12.4. The van der Waals surface area contributed by atoms with Crippen molar-refractivity contribution in [3.63, 3.8) is 0 Å². The van der Waals surface area contributed by atoms with Crippen LogP contribution in [0.15, 0.2) is 36.5 Å². The molecule has 1 spiro atoms. The first-order valence-corrected chi connectivity index (χ1v) is 7.11. The van der Waals surface area contributed by atoms with Crippen molar-refractivity contribution in [1.29, 1.82) is 0 Å². The van der Waals surface area contributed by atoms with Gasteiger partial charge in [0.1, 0.15) is 0 Å². The fourth-order valence-corrected chi connectivity index (χ4v) is 2.83. The number of nitrogens with one attached hydrogen (secondary N) is 1. The molecule has 2 aliphatic heterocycles. The van der Waals surface area contributed by atoms with Gasteiger partial charge in [-0.15, -0.1) is 0 Å². The molecule has 2 aliphatic rings. The molecule has 0 aromatic rings. The minimum atomic E-state index is -0.601. The van der Waals surface area contributed by atoms with Gasteiger partial charge in [-0.2, -0.15) is 0 Å². The predicted molar refractivity (Wildman–Crippen MR) is 79.1 cm³/mol. The van der Waals surface area contributed by atoms with Crippen molar-refractivity contribution < 1.29 is 14.4 Å². The third-order valence-electron chi connectivity index (χ3n) is 4.14. The average Bonchev–Trinajstić information content (AvgIpc) is 2.90. The zero-order chi connectivity index (χ0) is 15.5. The Balaban J connectivity index is 2.11. The third kappa shape index (κ3) is 2.96. The van der Waals surface area contributed by atoms with Crippen molar-refractivity contribution in [2.75, 3.05) is 13.1 Å². The van der Waals surface area contributed by atoms with Crippen LogP contribution in [-0.2, 0) is 14.4 Å². The van der Waals surface area contributed by atoms with E-state index in [2.05, 4.69) is 11.9 Å². The van der Waals surface area contributed by atoms with E-state index in [4.69, 9.17) is 0 Å². The zero-order valence-corrected chi connectivity index (χ0v) is 12.2. The Bertz CT molecular complexity index is 548. The first-order chi connectivity index (χ1) is 10.0. The van der Waals surface area contributed by atoms with Crippen LogP contribution in [0.4, 0.5) is 0 Å². The fourth-order valence-electron chi connectivity index (χ4n) is 2.83. The lowest BCUT2D eigenvalue weighted by Crippen LogP contribution is -2.50. The standard InChI is InChI=1S/C16H20N2O3/c1-3-5-6-12(4-2)14(20)18-10-9-16(11-18)8-7-13(19)17-15(16)21/h3-6H,2,7-11H2,1H3,(H,17,19,21)/b5-3-,12-6+. The van der Waals surface area contributed by atoms with Crippen molar-refractivity contribution in [3.8, 4) is 0 Å². The first kappa shape index (κ1) is 15.2. The molecule has 21 heavy (non-hydrogen) atoms. The molecule has 2 rings (SSSR count). The number of likely N-dealkylation sites (tertiary alicyclic amines) is 1. The highest BCUT2D eigenvalue weighted by atomic mass is 16.2. The monoisotopic (exact) mass is 288 g/mol. The number of hydrogen-bond acceptors (Lipinski definition) is 3. The summed E-state index contributed by atoms with van der Waals surface area (Å²) in [4.78, 5) is 37.5. The van der Waals surface area contributed by atoms with Crippen molar-refractivity contribution in [2.24, 2.45) is 5.41 Å². The topological polar surface area (TPSA) is 66.5 Å². The van der Waals surface area contributed by atoms with Gasteiger partial charge in [-0.25, -0.2) is 0 Å². The largest absolute Gasteiger partial charge is 0.338 e. The SMILES string of the molecule is C=C/C(=C\C=C/C)C(=O)N1CCC2(CCC(=O)NC2=O)C1. The van der Waals surface area contributed by atoms with Gasteiger partial charge in [0, 0.05) is 25.1 Å². The van der Waals surface area contributed by atoms with Crippen LogP contribution in [0.1, 0.15) is 26.2 Å². The number of amides is 3. The zero-order valence-electron chi connectivity index (χ0n) is 12.2. The van der Waals surface area contributed by atoms with Crippen LogP contribution in [0.25, 0.3) is 0 Å². The molecule has 1 unspecified atom stereocenters. The molecule has 2 heterocycles. The minimum absolute atomic E-state index is 0.121. The molecule has 5 nitrogen and oxygen atoms in total. The highest BCUT2D eigenvalue weighted by Crippen LogP contribution is 2.38. The molecular weight excluding hydrogens is 268 g/mol. The molecule has 0 aromatic carbocycles. The van der Waals surface area contributed by atoms with Crippen LogP contribution in [0.2, 0.25) is 0 Å². The molecule has 2 saturated heterocycles. The summed E-state index contributed by atoms with van der Waals surface area (Å²) in [6.07, 6.45) is 8.32. The summed E-state index contributed by atoms with van der Waals surface area (Å²) < 4.78 is 0. The van der Waals surface area contributed by atoms with E-state index in [0.717, 1.165) is 0 Å². The Kier molecular flexibility index (Phi) is 4.40. The summed E-state index contributed by atoms with van der Waals surface area (Å²) in [6.45, 7) is 6.43. The number of rotatable bonds is 3. The van der Waals surface area contributed by atoms with Crippen molar-refractivity contribution in [3.05, 3.63) is 36.5 Å². The summed E-state index contributed by atoms with van der Waals surface area (Å²) in [6, 6.07) is 0. The van der Waals surface area contributed by atoms with Gasteiger partial charge in [0.15, 0.2) is 0 Å². The lowest BCUT2D eigenvalue weighted by atomic mass is 9.79. The van der Waals surface area contributed by atoms with Gasteiger partial charge in [0.05, 0.1) is 5.41 Å². The molecule has 112 valence electrons. The van der Waals surface area contributed by atoms with E-state index in [9.17, 15) is 14.4 Å². The molecule has 0 bridgehead atoms. The molecule has 5 heteroatoms. The predicted octanol–water partition coefficient (Wildman–Crippen LogP) is 1.33. The van der Waals surface area contributed by atoms with E-state index in [1.54, 1.807) is 17.1 Å². The number of allylic oxidation sites excluding steroid dienone is 3. The number of nitrogens with zero attached hydrogens (tertiary/aromatic N) is 1. The molecule has 2 fully saturated rings. The lowest BCUT2D eigenvalue weighted by molar-refractivity contribution is -0.141. The van der Waals surface area contributed by atoms with Crippen LogP contribution in [0, 0.1) is 5.41 Å². The Morgan fingerprint density at radius 3 is 2.76 bits per heavy atom. The summed E-state index contributed by atoms with van der Waals surface area (Å²) >= 11 is 0. The van der Waals surface area contributed by atoms with Gasteiger partial charge in [-0.1, -0.05) is 24.8 Å². The second-order valence-electron chi connectivity index (χ2n) is 5.49. The minimum Gasteiger partial charge on any atom is -0.338 e. The summed E-state index contributed by atoms with van der Waals surface area (Å²) in [5.74, 6) is -0.591. The molecule has 0 aliphatic carbocycles. The highest BCUT2D eigenvalue weighted by Gasteiger charge is 2.48. The van der Waals surface area contributed by atoms with Crippen molar-refractivity contribution in [1.82, 2.24) is 10.2 Å². The van der Waals surface area contributed by atoms with E-state index in [-0.39, 0.29) is 17.7 Å². The Labute approximate surface area is 124 Å². The normalized spacial score (nSPS) is 26.5. The van der Waals surface area contributed by atoms with Gasteiger partial charge < -0.3 is 4.90 Å². The van der Waals surface area contributed by atoms with E-state index in [1.165, 1.54) is 6.08 Å². The fraction of sp³-hybridized carbons (Fsp3) is 0.438. The average molecular weight is 288 g/mol. The lowest BCUT2D eigenvalue weighted by Gasteiger charge is -2.31. The van der Waals surface area contributed by atoms with Gasteiger partial charge in [-0.05, 0) is 25.8 Å². The molecule has 0 aromatic heterocycles. The van der Waals surface area contributed by atoms with Crippen LogP contribution < -0.4 is 5.32 Å². The van der Waals surface area contributed by atoms with Crippen LogP contribution in [0.5, 0.6) is 0 Å². The summed E-state index contributed by atoms with van der Waals surface area (Å²) in [5, 5.41) is 2.39. The van der Waals surface area contributed by atoms with Crippen LogP contribution in [-0.4, -0.2) is 35.7 Å². The molecule has 0 saturated carbocycles. The first-order valence-electron chi connectivity index (χ1n) is 7.11. The molecule has 3 amide bonds. The maximum Gasteiger partial charge on any atom is 0.253 e. The second kappa shape index (κ2) is 6.08. The van der Waals surface area contributed by atoms with Crippen LogP contribution in [0.3, 0.4) is 0 Å².